The molecule has 0 radical (unpaired) electrons. The zero-order valence-corrected chi connectivity index (χ0v) is 9.07. The summed E-state index contributed by atoms with van der Waals surface area (Å²) in [7, 11) is 1.63. The van der Waals surface area contributed by atoms with E-state index in [1.165, 1.54) is 0 Å². The van der Waals surface area contributed by atoms with Crippen molar-refractivity contribution in [2.45, 2.75) is 6.04 Å². The third kappa shape index (κ3) is 1.98. The Bertz CT molecular complexity index is 429. The van der Waals surface area contributed by atoms with Crippen LogP contribution in [0.15, 0.2) is 30.0 Å². The first kappa shape index (κ1) is 10.1. The van der Waals surface area contributed by atoms with Crippen molar-refractivity contribution in [3.05, 3.63) is 40.6 Å². The van der Waals surface area contributed by atoms with Crippen molar-refractivity contribution < 1.29 is 4.74 Å². The first-order valence-corrected chi connectivity index (χ1v) is 5.33. The molecule has 0 spiro atoms. The van der Waals surface area contributed by atoms with Crippen LogP contribution in [0.3, 0.4) is 0 Å². The molecule has 1 atom stereocenters. The zero-order valence-electron chi connectivity index (χ0n) is 8.25. The van der Waals surface area contributed by atoms with E-state index in [1.807, 2.05) is 11.4 Å². The smallest absolute Gasteiger partial charge is 0.134 e. The largest absolute Gasteiger partial charge is 0.496 e. The van der Waals surface area contributed by atoms with Gasteiger partial charge in [0.15, 0.2) is 0 Å². The van der Waals surface area contributed by atoms with Crippen molar-refractivity contribution >= 4 is 11.3 Å². The van der Waals surface area contributed by atoms with Crippen LogP contribution < -0.4 is 10.5 Å². The third-order valence-electron chi connectivity index (χ3n) is 2.06. The maximum atomic E-state index is 6.07. The molecule has 2 heterocycles. The molecule has 2 rings (SSSR count). The first-order chi connectivity index (χ1) is 7.33. The van der Waals surface area contributed by atoms with Gasteiger partial charge in [0.2, 0.25) is 0 Å². The van der Waals surface area contributed by atoms with Gasteiger partial charge < -0.3 is 10.5 Å². The molecule has 1 unspecified atom stereocenters. The number of hydrogen-bond donors (Lipinski definition) is 1. The Kier molecular flexibility index (Phi) is 2.94. The van der Waals surface area contributed by atoms with Crippen LogP contribution in [-0.2, 0) is 0 Å². The summed E-state index contributed by atoms with van der Waals surface area (Å²) in [5.74, 6) is 0.804. The van der Waals surface area contributed by atoms with E-state index in [0.717, 1.165) is 16.3 Å². The quantitative estimate of drug-likeness (QED) is 0.855. The highest BCUT2D eigenvalue weighted by Crippen LogP contribution is 2.31. The van der Waals surface area contributed by atoms with Crippen LogP contribution in [0.4, 0.5) is 0 Å². The monoisotopic (exact) mass is 221 g/mol. The molecule has 5 heteroatoms. The number of rotatable bonds is 3. The van der Waals surface area contributed by atoms with Gasteiger partial charge in [-0.15, -0.1) is 11.3 Å². The topological polar surface area (TPSA) is 61.0 Å². The molecule has 0 fully saturated rings. The molecule has 0 aliphatic rings. The summed E-state index contributed by atoms with van der Waals surface area (Å²) in [6, 6.07) is 1.63. The Morgan fingerprint density at radius 1 is 1.47 bits per heavy atom. The summed E-state index contributed by atoms with van der Waals surface area (Å²) in [5.41, 5.74) is 6.81. The van der Waals surface area contributed by atoms with E-state index in [0.29, 0.717) is 0 Å². The average molecular weight is 221 g/mol. The minimum Gasteiger partial charge on any atom is -0.496 e. The molecule has 78 valence electrons. The van der Waals surface area contributed by atoms with Crippen LogP contribution in [-0.4, -0.2) is 17.1 Å². The van der Waals surface area contributed by atoms with Crippen molar-refractivity contribution in [2.75, 3.05) is 7.11 Å². The molecule has 2 aromatic heterocycles. The van der Waals surface area contributed by atoms with Gasteiger partial charge in [0.1, 0.15) is 5.75 Å². The Morgan fingerprint density at radius 3 is 3.00 bits per heavy atom. The second-order valence-electron chi connectivity index (χ2n) is 2.96. The molecule has 15 heavy (non-hydrogen) atoms. The maximum Gasteiger partial charge on any atom is 0.134 e. The van der Waals surface area contributed by atoms with E-state index in [2.05, 4.69) is 9.97 Å². The van der Waals surface area contributed by atoms with Crippen molar-refractivity contribution in [1.82, 2.24) is 9.97 Å². The van der Waals surface area contributed by atoms with Crippen molar-refractivity contribution in [1.29, 1.82) is 0 Å². The highest BCUT2D eigenvalue weighted by Gasteiger charge is 2.16. The highest BCUT2D eigenvalue weighted by atomic mass is 32.1. The fourth-order valence-corrected chi connectivity index (χ4v) is 2.18. The number of nitrogens with zero attached hydrogens (tertiary/aromatic N) is 2. The molecule has 2 N–H and O–H groups in total. The first-order valence-electron chi connectivity index (χ1n) is 4.46. The van der Waals surface area contributed by atoms with Gasteiger partial charge in [-0.25, -0.2) is 0 Å². The average Bonchev–Trinajstić information content (AvgIpc) is 2.77. The molecular formula is C10H11N3OS. The van der Waals surface area contributed by atoms with Gasteiger partial charge >= 0.3 is 0 Å². The van der Waals surface area contributed by atoms with Crippen molar-refractivity contribution in [3.8, 4) is 5.75 Å². The molecule has 0 aliphatic carbocycles. The Morgan fingerprint density at radius 2 is 2.33 bits per heavy atom. The summed E-state index contributed by atoms with van der Waals surface area (Å²) in [6.45, 7) is 0. The lowest BCUT2D eigenvalue weighted by Crippen LogP contribution is -2.13. The molecular weight excluding hydrogens is 210 g/mol. The molecule has 0 amide bonds. The van der Waals surface area contributed by atoms with Gasteiger partial charge in [0, 0.05) is 12.4 Å². The van der Waals surface area contributed by atoms with Gasteiger partial charge in [-0.2, -0.15) is 0 Å². The van der Waals surface area contributed by atoms with E-state index < -0.39 is 0 Å². The molecule has 0 aliphatic heterocycles. The van der Waals surface area contributed by atoms with Gasteiger partial charge in [-0.3, -0.25) is 9.97 Å². The Labute approximate surface area is 91.8 Å². The summed E-state index contributed by atoms with van der Waals surface area (Å²) in [6.07, 6.45) is 4.93. The van der Waals surface area contributed by atoms with Gasteiger partial charge in [0.25, 0.3) is 0 Å². The number of hydrogen-bond acceptors (Lipinski definition) is 5. The second-order valence-corrected chi connectivity index (χ2v) is 3.91. The second kappa shape index (κ2) is 4.37. The summed E-state index contributed by atoms with van der Waals surface area (Å²) < 4.78 is 5.21. The SMILES string of the molecule is COc1ccsc1C(N)c1cnccn1. The van der Waals surface area contributed by atoms with E-state index in [1.54, 1.807) is 37.0 Å². The third-order valence-corrected chi connectivity index (χ3v) is 3.04. The number of ether oxygens (including phenoxy) is 1. The molecule has 4 nitrogen and oxygen atoms in total. The Balaban J connectivity index is 2.32. The standard InChI is InChI=1S/C10H11N3OS/c1-14-8-2-5-15-10(8)9(11)7-6-12-3-4-13-7/h2-6,9H,11H2,1H3. The summed E-state index contributed by atoms with van der Waals surface area (Å²) in [4.78, 5) is 9.14. The van der Waals surface area contributed by atoms with Crippen LogP contribution in [0.2, 0.25) is 0 Å². The minimum atomic E-state index is -0.270. The number of aromatic nitrogens is 2. The molecule has 2 aromatic rings. The van der Waals surface area contributed by atoms with E-state index in [9.17, 15) is 0 Å². The van der Waals surface area contributed by atoms with Gasteiger partial charge in [-0.1, -0.05) is 0 Å². The summed E-state index contributed by atoms with van der Waals surface area (Å²) >= 11 is 1.56. The Hall–Kier alpha value is -1.46. The molecule has 0 bridgehead atoms. The van der Waals surface area contributed by atoms with Crippen molar-refractivity contribution in [3.63, 3.8) is 0 Å². The lowest BCUT2D eigenvalue weighted by molar-refractivity contribution is 0.410. The van der Waals surface area contributed by atoms with Gasteiger partial charge in [-0.05, 0) is 11.4 Å². The van der Waals surface area contributed by atoms with Gasteiger partial charge in [0.05, 0.1) is 29.9 Å². The fourth-order valence-electron chi connectivity index (χ4n) is 1.31. The number of methoxy groups -OCH3 is 1. The van der Waals surface area contributed by atoms with Crippen LogP contribution in [0.25, 0.3) is 0 Å². The lowest BCUT2D eigenvalue weighted by atomic mass is 10.2. The van der Waals surface area contributed by atoms with Crippen LogP contribution in [0, 0.1) is 0 Å². The highest BCUT2D eigenvalue weighted by molar-refractivity contribution is 7.10. The van der Waals surface area contributed by atoms with E-state index in [4.69, 9.17) is 10.5 Å². The van der Waals surface area contributed by atoms with E-state index >= 15 is 0 Å². The summed E-state index contributed by atoms with van der Waals surface area (Å²) in [5, 5.41) is 1.95. The number of nitrogens with two attached hydrogens (primary N) is 1. The minimum absolute atomic E-state index is 0.270. The lowest BCUT2D eigenvalue weighted by Gasteiger charge is -2.10. The van der Waals surface area contributed by atoms with Crippen molar-refractivity contribution in [2.24, 2.45) is 5.73 Å². The van der Waals surface area contributed by atoms with Crippen LogP contribution in [0.1, 0.15) is 16.6 Å². The zero-order chi connectivity index (χ0) is 10.7. The van der Waals surface area contributed by atoms with Crippen LogP contribution in [0.5, 0.6) is 5.75 Å². The maximum absolute atomic E-state index is 6.07. The normalized spacial score (nSPS) is 12.4. The predicted molar refractivity (Wildman–Crippen MR) is 58.9 cm³/mol. The number of thiophene rings is 1. The molecule has 0 saturated carbocycles. The van der Waals surface area contributed by atoms with E-state index in [-0.39, 0.29) is 6.04 Å². The molecule has 0 aromatic carbocycles. The predicted octanol–water partition coefficient (Wildman–Crippen LogP) is 1.59. The molecule has 0 saturated heterocycles. The fraction of sp³-hybridized carbons (Fsp3) is 0.200. The van der Waals surface area contributed by atoms with Crippen LogP contribution >= 0.6 is 11.3 Å².